The molecular formula is C73H133N3O31. The zero-order valence-corrected chi connectivity index (χ0v) is 63.1. The number of aliphatic hydroxyl groups is 16. The summed E-state index contributed by atoms with van der Waals surface area (Å²) in [5.74, 6) is -7.66. The third-order valence-corrected chi connectivity index (χ3v) is 20.9. The van der Waals surface area contributed by atoms with Crippen molar-refractivity contribution in [3.05, 3.63) is 0 Å². The Labute approximate surface area is 628 Å². The number of aliphatic hydroxyl groups excluding tert-OH is 16. The standard InChI is InChI=1S/C73H133N3O31/c1-5-7-9-11-13-15-17-19-20-22-24-26-28-30-32-34-52(87)76-44(45(84)33-31-29-27-25-23-21-18-16-14-12-10-8-6-2)41-98-69-61(94)59(92)63(50(39-80)101-69)103-71-62(95)67(107-73(72(96)97)35-46(85)53(74-42(3)82)66(106-73)55(88)47(86)36-77)64(51(40-81)102-71)104-68-54(75-43(4)83)65(57(90)49(38-79)99-68)105-70-60(93)58(91)56(89)48(37-78)100-70/h44-51,53-71,77-81,84-86,88-95H,5-41H2,1-4H3,(H,74,82)(H,75,83)(H,76,87)(H,96,97)/t44-,45+,46-,47+,48+,49+,50+,51+,53+,54+,55+,56-,57-,58-,59+,60+,61+,62+,63+,64-,65+,66+,67+,68-,69+,70-,71-,73-/m0/s1. The number of ether oxygens (including phenoxy) is 10. The van der Waals surface area contributed by atoms with E-state index < -0.39 is 235 Å². The molecule has 5 aliphatic rings. The predicted octanol–water partition coefficient (Wildman–Crippen LogP) is -0.818. The van der Waals surface area contributed by atoms with Crippen LogP contribution < -0.4 is 16.0 Å². The molecule has 34 nitrogen and oxygen atoms in total. The van der Waals surface area contributed by atoms with Gasteiger partial charge in [0.05, 0.1) is 63.9 Å². The molecule has 5 saturated heterocycles. The third-order valence-electron chi connectivity index (χ3n) is 20.9. The molecule has 0 unspecified atom stereocenters. The van der Waals surface area contributed by atoms with Crippen LogP contribution in [0.15, 0.2) is 0 Å². The largest absolute Gasteiger partial charge is 0.477 e. The van der Waals surface area contributed by atoms with E-state index in [2.05, 4.69) is 29.8 Å². The van der Waals surface area contributed by atoms with Crippen molar-refractivity contribution in [1.82, 2.24) is 16.0 Å². The summed E-state index contributed by atoms with van der Waals surface area (Å²) in [7, 11) is 0. The summed E-state index contributed by atoms with van der Waals surface area (Å²) >= 11 is 0. The van der Waals surface area contributed by atoms with Crippen LogP contribution in [0.4, 0.5) is 0 Å². The summed E-state index contributed by atoms with van der Waals surface area (Å²) in [5.41, 5.74) is 0. The maximum absolute atomic E-state index is 13.8. The highest BCUT2D eigenvalue weighted by Crippen LogP contribution is 2.41. The van der Waals surface area contributed by atoms with Crippen molar-refractivity contribution < 1.29 is 153 Å². The molecule has 5 aliphatic heterocycles. The normalized spacial score (nSPS) is 34.5. The highest BCUT2D eigenvalue weighted by Gasteiger charge is 2.62. The van der Waals surface area contributed by atoms with Gasteiger partial charge in [-0.15, -0.1) is 0 Å². The fourth-order valence-electron chi connectivity index (χ4n) is 14.6. The summed E-state index contributed by atoms with van der Waals surface area (Å²) in [6.07, 6.45) is -18.3. The number of carbonyl (C=O) groups excluding carboxylic acids is 3. The Hall–Kier alpha value is -3.16. The van der Waals surface area contributed by atoms with Crippen LogP contribution in [0.1, 0.15) is 227 Å². The number of carbonyl (C=O) groups is 4. The highest BCUT2D eigenvalue weighted by molar-refractivity contribution is 5.77. The second-order valence-corrected chi connectivity index (χ2v) is 29.6. The van der Waals surface area contributed by atoms with E-state index in [1.165, 1.54) is 109 Å². The Balaban J connectivity index is 1.39. The van der Waals surface area contributed by atoms with Crippen molar-refractivity contribution in [2.24, 2.45) is 0 Å². The van der Waals surface area contributed by atoms with Gasteiger partial charge in [-0.05, 0) is 12.8 Å². The molecule has 5 fully saturated rings. The lowest BCUT2D eigenvalue weighted by atomic mass is 9.88. The number of nitrogens with one attached hydrogen (secondary N) is 3. The maximum Gasteiger partial charge on any atom is 0.364 e. The van der Waals surface area contributed by atoms with Gasteiger partial charge in [-0.25, -0.2) is 4.79 Å². The van der Waals surface area contributed by atoms with E-state index in [1.807, 2.05) is 0 Å². The number of carboxylic acids is 1. The van der Waals surface area contributed by atoms with Crippen LogP contribution in [0.3, 0.4) is 0 Å². The Kier molecular flexibility index (Phi) is 44.3. The highest BCUT2D eigenvalue weighted by atomic mass is 16.8. The molecule has 107 heavy (non-hydrogen) atoms. The summed E-state index contributed by atoms with van der Waals surface area (Å²) in [4.78, 5) is 53.0. The van der Waals surface area contributed by atoms with E-state index in [0.717, 1.165) is 71.6 Å². The van der Waals surface area contributed by atoms with Crippen molar-refractivity contribution in [2.45, 2.75) is 398 Å². The Morgan fingerprint density at radius 2 is 0.869 bits per heavy atom. The molecule has 5 heterocycles. The fraction of sp³-hybridized carbons (Fsp3) is 0.945. The minimum absolute atomic E-state index is 0.159. The molecule has 0 spiro atoms. The number of hydrogen-bond acceptors (Lipinski definition) is 30. The lowest BCUT2D eigenvalue weighted by molar-refractivity contribution is -0.403. The van der Waals surface area contributed by atoms with Gasteiger partial charge in [0.15, 0.2) is 25.2 Å². The number of carboxylic acid groups (broad SMARTS) is 1. The quantitative estimate of drug-likeness (QED) is 0.0331. The smallest absolute Gasteiger partial charge is 0.364 e. The molecule has 0 saturated carbocycles. The monoisotopic (exact) mass is 1550 g/mol. The van der Waals surface area contributed by atoms with Gasteiger partial charge < -0.3 is 150 Å². The van der Waals surface area contributed by atoms with Crippen LogP contribution in [0.5, 0.6) is 0 Å². The van der Waals surface area contributed by atoms with Crippen LogP contribution in [0.25, 0.3) is 0 Å². The molecule has 5 rings (SSSR count). The molecule has 0 aliphatic carbocycles. The van der Waals surface area contributed by atoms with Crippen molar-refractivity contribution >= 4 is 23.7 Å². The first-order valence-electron chi connectivity index (χ1n) is 39.4. The molecule has 626 valence electrons. The van der Waals surface area contributed by atoms with Gasteiger partial charge in [-0.3, -0.25) is 14.4 Å². The lowest BCUT2D eigenvalue weighted by Crippen LogP contribution is -2.72. The topological polar surface area (TPSA) is 541 Å². The molecule has 28 atom stereocenters. The van der Waals surface area contributed by atoms with E-state index in [4.69, 9.17) is 47.4 Å². The van der Waals surface area contributed by atoms with Crippen molar-refractivity contribution in [3.63, 3.8) is 0 Å². The number of unbranched alkanes of at least 4 members (excludes halogenated alkanes) is 26. The Morgan fingerprint density at radius 1 is 0.449 bits per heavy atom. The Bertz CT molecular complexity index is 2450. The number of amides is 3. The van der Waals surface area contributed by atoms with Gasteiger partial charge >= 0.3 is 5.97 Å². The zero-order valence-electron chi connectivity index (χ0n) is 63.1. The predicted molar refractivity (Wildman–Crippen MR) is 378 cm³/mol. The molecule has 0 aromatic carbocycles. The third kappa shape index (κ3) is 29.3. The van der Waals surface area contributed by atoms with Gasteiger partial charge in [0, 0.05) is 26.7 Å². The van der Waals surface area contributed by atoms with Crippen LogP contribution in [-0.4, -0.2) is 321 Å². The van der Waals surface area contributed by atoms with Crippen molar-refractivity contribution in [1.29, 1.82) is 0 Å². The molecule has 0 aromatic rings. The van der Waals surface area contributed by atoms with Gasteiger partial charge in [-0.1, -0.05) is 187 Å². The summed E-state index contributed by atoms with van der Waals surface area (Å²) in [6, 6.07) is -4.71. The summed E-state index contributed by atoms with van der Waals surface area (Å²) in [5, 5.41) is 197. The minimum atomic E-state index is -3.38. The minimum Gasteiger partial charge on any atom is -0.477 e. The van der Waals surface area contributed by atoms with E-state index in [9.17, 15) is 106 Å². The molecular weight excluding hydrogens is 1410 g/mol. The average molecular weight is 1550 g/mol. The van der Waals surface area contributed by atoms with Gasteiger partial charge in [-0.2, -0.15) is 0 Å². The van der Waals surface area contributed by atoms with Gasteiger partial charge in [0.25, 0.3) is 5.79 Å². The van der Waals surface area contributed by atoms with Crippen molar-refractivity contribution in [2.75, 3.05) is 39.6 Å². The van der Waals surface area contributed by atoms with E-state index >= 15 is 0 Å². The second kappa shape index (κ2) is 50.1. The van der Waals surface area contributed by atoms with Gasteiger partial charge in [0.2, 0.25) is 17.7 Å². The van der Waals surface area contributed by atoms with E-state index in [1.54, 1.807) is 0 Å². The number of rotatable bonds is 53. The SMILES string of the molecule is CCCCCCCCCCCCCCCCCC(=O)N[C@@H](CO[C@@H]1O[C@H](CO)[C@@H](O[C@@H]2O[C@H](CO)[C@H](O[C@@H]3O[C@H](CO)[C@H](O)[C@H](O[C@@H]4O[C@H](CO)[C@H](O)[C@H](O)[C@H]4O)[C@H]3NC(C)=O)[C@H](O[C@]3(C(=O)O)C[C@H](O)[C@@H](NC(C)=O)[C@H]([C@H](O)[C@H](O)CO)O3)[C@H]2O)[C@H](O)[C@H]1O)[C@H](O)CCCCCCCCCCCCCCC. The lowest BCUT2D eigenvalue weighted by Gasteiger charge is -2.52. The molecule has 0 bridgehead atoms. The molecule has 34 heteroatoms. The summed E-state index contributed by atoms with van der Waals surface area (Å²) < 4.78 is 60.2. The average Bonchev–Trinajstić information content (AvgIpc) is 0.754. The maximum atomic E-state index is 13.8. The van der Waals surface area contributed by atoms with Crippen LogP contribution in [-0.2, 0) is 66.5 Å². The molecule has 3 amide bonds. The van der Waals surface area contributed by atoms with Crippen LogP contribution >= 0.6 is 0 Å². The second-order valence-electron chi connectivity index (χ2n) is 29.6. The molecule has 20 N–H and O–H groups in total. The first-order chi connectivity index (χ1) is 51.3. The molecule has 0 radical (unpaired) electrons. The van der Waals surface area contributed by atoms with Crippen LogP contribution in [0, 0.1) is 0 Å². The van der Waals surface area contributed by atoms with Gasteiger partial charge in [0.1, 0.15) is 116 Å². The Morgan fingerprint density at radius 3 is 1.36 bits per heavy atom. The number of hydrogen-bond donors (Lipinski definition) is 20. The van der Waals surface area contributed by atoms with Crippen molar-refractivity contribution in [3.8, 4) is 0 Å². The first kappa shape index (κ1) is 94.4. The summed E-state index contributed by atoms with van der Waals surface area (Å²) in [6.45, 7) is 0.403. The number of aliphatic carboxylic acids is 1. The zero-order chi connectivity index (χ0) is 78.8. The molecule has 0 aromatic heterocycles. The van der Waals surface area contributed by atoms with E-state index in [-0.39, 0.29) is 18.7 Å². The first-order valence-corrected chi connectivity index (χ1v) is 39.4. The van der Waals surface area contributed by atoms with Crippen LogP contribution in [0.2, 0.25) is 0 Å². The van der Waals surface area contributed by atoms with E-state index in [0.29, 0.717) is 12.8 Å². The fourth-order valence-corrected chi connectivity index (χ4v) is 14.6.